The molecule has 4 aromatic rings. The second-order valence-corrected chi connectivity index (χ2v) is 14.2. The van der Waals surface area contributed by atoms with Crippen LogP contribution >= 0.6 is 0 Å². The Hall–Kier alpha value is -6.08. The molecule has 3 N–H and O–H groups in total. The van der Waals surface area contributed by atoms with Crippen molar-refractivity contribution in [3.63, 3.8) is 0 Å². The van der Waals surface area contributed by atoms with Crippen LogP contribution in [0.2, 0.25) is 0 Å². The van der Waals surface area contributed by atoms with Crippen molar-refractivity contribution in [2.75, 3.05) is 50.3 Å². The molecule has 2 heterocycles. The van der Waals surface area contributed by atoms with Gasteiger partial charge in [-0.1, -0.05) is 0 Å². The summed E-state index contributed by atoms with van der Waals surface area (Å²) >= 11 is 0. The van der Waals surface area contributed by atoms with E-state index in [0.29, 0.717) is 48.3 Å². The zero-order valence-corrected chi connectivity index (χ0v) is 30.6. The number of benzene rings is 4. The van der Waals surface area contributed by atoms with Gasteiger partial charge in [0.25, 0.3) is 0 Å². The molecule has 2 atom stereocenters. The number of likely N-dealkylation sites (N-methyl/N-ethyl adjacent to an activating group) is 2. The van der Waals surface area contributed by atoms with Gasteiger partial charge >= 0.3 is 16.2 Å². The first-order valence-corrected chi connectivity index (χ1v) is 18.5. The minimum absolute atomic E-state index is 0.0483. The number of nitrogens with one attached hydrogen (secondary N) is 3. The van der Waals surface area contributed by atoms with Gasteiger partial charge in [0.2, 0.25) is 11.8 Å². The number of amides is 4. The lowest BCUT2D eigenvalue weighted by Crippen LogP contribution is -2.57. The first kappa shape index (κ1) is 39.6. The van der Waals surface area contributed by atoms with E-state index in [0.717, 1.165) is 34.1 Å². The first-order chi connectivity index (χ1) is 26.6. The number of hydrogen-bond acceptors (Lipinski definition) is 9. The van der Waals surface area contributed by atoms with Gasteiger partial charge in [0.15, 0.2) is 23.0 Å². The van der Waals surface area contributed by atoms with Crippen molar-refractivity contribution in [2.24, 2.45) is 0 Å². The van der Waals surface area contributed by atoms with E-state index in [2.05, 4.69) is 10.0 Å². The summed E-state index contributed by atoms with van der Waals surface area (Å²) in [5.41, 5.74) is 0.381. The maximum absolute atomic E-state index is 14.2. The lowest BCUT2D eigenvalue weighted by Gasteiger charge is -2.27. The van der Waals surface area contributed by atoms with E-state index in [1.807, 2.05) is 0 Å². The van der Waals surface area contributed by atoms with E-state index in [1.54, 1.807) is 16.9 Å². The number of carbonyl (C=O) groups is 3. The molecule has 0 saturated heterocycles. The molecular formula is C37H35F4N5O9S. The van der Waals surface area contributed by atoms with Crippen molar-refractivity contribution in [1.82, 2.24) is 14.8 Å². The van der Waals surface area contributed by atoms with Gasteiger partial charge in [0.1, 0.15) is 61.8 Å². The molecule has 296 valence electrons. The van der Waals surface area contributed by atoms with Crippen LogP contribution in [-0.4, -0.2) is 78.9 Å². The molecule has 0 radical (unpaired) electrons. The van der Waals surface area contributed by atoms with E-state index in [-0.39, 0.29) is 35.7 Å². The Labute approximate surface area is 318 Å². The number of carbonyl (C=O) groups excluding carboxylic acids is 3. The standard InChI is InChI=1S/C37H35F4N5O9S/c1-45(27-3-5-31-33(19-27)54-9-7-52-31)35(47)29(15-21-11-23(38)17-24(39)12-21)42-37(49)44-56(50,51)43-30(16-22-13-25(40)18-26(41)14-22)36(48)46(2)28-4-6-32-34(20-28)55-10-8-53-32/h3-6,11-14,17-20,29-30,43H,7-10,15-16H2,1-2H3,(H2,42,44,49)/t29?,30-/m0/s1. The van der Waals surface area contributed by atoms with Crippen LogP contribution in [0.15, 0.2) is 72.8 Å². The third-order valence-corrected chi connectivity index (χ3v) is 9.69. The average Bonchev–Trinajstić information content (AvgIpc) is 3.14. The smallest absolute Gasteiger partial charge is 0.330 e. The van der Waals surface area contributed by atoms with Crippen LogP contribution in [0.25, 0.3) is 0 Å². The lowest BCUT2D eigenvalue weighted by molar-refractivity contribution is -0.120. The van der Waals surface area contributed by atoms with Crippen LogP contribution in [0.4, 0.5) is 33.7 Å². The van der Waals surface area contributed by atoms with Gasteiger partial charge in [-0.3, -0.25) is 9.59 Å². The SMILES string of the molecule is CN(C(=O)C(Cc1cc(F)cc(F)c1)NC(=O)NS(=O)(=O)N[C@@H](Cc1cc(F)cc(F)c1)C(=O)N(C)c1ccc2c(c1)OCCO2)c1ccc2c(c1)OCCO2. The van der Waals surface area contributed by atoms with E-state index in [9.17, 15) is 40.4 Å². The second-order valence-electron chi connectivity index (χ2n) is 12.7. The topological polar surface area (TPSA) is 165 Å². The molecule has 0 aliphatic carbocycles. The molecule has 14 nitrogen and oxygen atoms in total. The maximum Gasteiger partial charge on any atom is 0.330 e. The Balaban J connectivity index is 1.23. The van der Waals surface area contributed by atoms with Crippen molar-refractivity contribution in [3.05, 3.63) is 107 Å². The lowest BCUT2D eigenvalue weighted by atomic mass is 10.0. The average molecular weight is 802 g/mol. The van der Waals surface area contributed by atoms with Gasteiger partial charge in [-0.2, -0.15) is 13.1 Å². The van der Waals surface area contributed by atoms with Gasteiger partial charge in [-0.15, -0.1) is 0 Å². The van der Waals surface area contributed by atoms with Crippen LogP contribution in [0.3, 0.4) is 0 Å². The van der Waals surface area contributed by atoms with Crippen molar-refractivity contribution in [1.29, 1.82) is 0 Å². The zero-order valence-electron chi connectivity index (χ0n) is 29.8. The molecule has 19 heteroatoms. The molecule has 0 spiro atoms. The van der Waals surface area contributed by atoms with Gasteiger partial charge in [0.05, 0.1) is 0 Å². The Morgan fingerprint density at radius 2 is 1.00 bits per heavy atom. The van der Waals surface area contributed by atoms with Crippen LogP contribution in [0.5, 0.6) is 23.0 Å². The Kier molecular flexibility index (Phi) is 11.8. The second kappa shape index (κ2) is 16.7. The molecule has 2 aliphatic heterocycles. The van der Waals surface area contributed by atoms with E-state index < -0.39 is 76.2 Å². The van der Waals surface area contributed by atoms with E-state index >= 15 is 0 Å². The number of urea groups is 1. The van der Waals surface area contributed by atoms with Crippen molar-refractivity contribution in [3.8, 4) is 23.0 Å². The highest BCUT2D eigenvalue weighted by molar-refractivity contribution is 7.88. The largest absolute Gasteiger partial charge is 0.486 e. The third kappa shape index (κ3) is 9.77. The van der Waals surface area contributed by atoms with E-state index in [1.165, 1.54) is 38.4 Å². The fourth-order valence-electron chi connectivity index (χ4n) is 6.04. The van der Waals surface area contributed by atoms with Crippen LogP contribution < -0.4 is 43.5 Å². The molecule has 0 fully saturated rings. The molecule has 0 saturated carbocycles. The zero-order chi connectivity index (χ0) is 40.1. The van der Waals surface area contributed by atoms with Gasteiger partial charge in [-0.25, -0.2) is 27.1 Å². The number of halogens is 4. The molecular weight excluding hydrogens is 766 g/mol. The Morgan fingerprint density at radius 3 is 1.45 bits per heavy atom. The van der Waals surface area contributed by atoms with Gasteiger partial charge in [-0.05, 0) is 66.1 Å². The number of fused-ring (bicyclic) bond motifs is 2. The number of rotatable bonds is 12. The number of ether oxygens (including phenoxy) is 4. The summed E-state index contributed by atoms with van der Waals surface area (Å²) in [5.74, 6) is -4.11. The fourth-order valence-corrected chi connectivity index (χ4v) is 6.96. The van der Waals surface area contributed by atoms with Crippen molar-refractivity contribution >= 4 is 39.4 Å². The highest BCUT2D eigenvalue weighted by Gasteiger charge is 2.32. The minimum atomic E-state index is -5.00. The Morgan fingerprint density at radius 1 is 0.607 bits per heavy atom. The number of anilines is 2. The highest BCUT2D eigenvalue weighted by atomic mass is 32.2. The normalized spacial score (nSPS) is 14.2. The first-order valence-electron chi connectivity index (χ1n) is 17.0. The molecule has 6 rings (SSSR count). The van der Waals surface area contributed by atoms with Crippen LogP contribution in [-0.2, 0) is 32.6 Å². The summed E-state index contributed by atoms with van der Waals surface area (Å²) < 4.78 is 109. The molecule has 4 amide bonds. The molecule has 1 unspecified atom stereocenters. The summed E-state index contributed by atoms with van der Waals surface area (Å²) in [4.78, 5) is 43.2. The van der Waals surface area contributed by atoms with Gasteiger partial charge in [0, 0.05) is 56.2 Å². The monoisotopic (exact) mass is 801 g/mol. The quantitative estimate of drug-likeness (QED) is 0.181. The predicted octanol–water partition coefficient (Wildman–Crippen LogP) is 3.77. The summed E-state index contributed by atoms with van der Waals surface area (Å²) in [5, 5.41) is 2.24. The van der Waals surface area contributed by atoms with Crippen molar-refractivity contribution in [2.45, 2.75) is 24.9 Å². The van der Waals surface area contributed by atoms with Crippen molar-refractivity contribution < 1.29 is 59.3 Å². The summed E-state index contributed by atoms with van der Waals surface area (Å²) in [6, 6.07) is 9.20. The van der Waals surface area contributed by atoms with Crippen LogP contribution in [0, 0.1) is 23.3 Å². The molecule has 0 bridgehead atoms. The van der Waals surface area contributed by atoms with Crippen LogP contribution in [0.1, 0.15) is 11.1 Å². The van der Waals surface area contributed by atoms with E-state index in [4.69, 9.17) is 18.9 Å². The Bertz CT molecular complexity index is 2220. The minimum Gasteiger partial charge on any atom is -0.486 e. The molecule has 2 aliphatic rings. The number of nitrogens with zero attached hydrogens (tertiary/aromatic N) is 2. The summed E-state index contributed by atoms with van der Waals surface area (Å²) in [6.45, 7) is 1.13. The third-order valence-electron chi connectivity index (χ3n) is 8.64. The molecule has 0 aromatic heterocycles. The predicted molar refractivity (Wildman–Crippen MR) is 193 cm³/mol. The fraction of sp³-hybridized carbons (Fsp3) is 0.270. The maximum atomic E-state index is 14.2. The number of hydrogen-bond donors (Lipinski definition) is 3. The van der Waals surface area contributed by atoms with Gasteiger partial charge < -0.3 is 34.1 Å². The molecule has 56 heavy (non-hydrogen) atoms. The highest BCUT2D eigenvalue weighted by Crippen LogP contribution is 2.35. The summed E-state index contributed by atoms with van der Waals surface area (Å²) in [7, 11) is -2.32. The molecule has 4 aromatic carbocycles. The summed E-state index contributed by atoms with van der Waals surface area (Å²) in [6.07, 6.45) is -1.06.